The number of carbonyl (C=O) groups excluding carboxylic acids is 1. The number of halogens is 1. The predicted octanol–water partition coefficient (Wildman–Crippen LogP) is 4.50. The first-order chi connectivity index (χ1) is 15.6. The second kappa shape index (κ2) is 9.55. The predicted molar refractivity (Wildman–Crippen MR) is 125 cm³/mol. The first-order valence-electron chi connectivity index (χ1n) is 10.7. The lowest BCUT2D eigenvalue weighted by atomic mass is 10.2. The smallest absolute Gasteiger partial charge is 0.257 e. The number of hydrogen-bond donors (Lipinski definition) is 2. The van der Waals surface area contributed by atoms with Crippen LogP contribution < -0.4 is 11.1 Å². The summed E-state index contributed by atoms with van der Waals surface area (Å²) in [7, 11) is 0. The van der Waals surface area contributed by atoms with E-state index >= 15 is 0 Å². The zero-order chi connectivity index (χ0) is 22.5. The van der Waals surface area contributed by atoms with Gasteiger partial charge in [-0.15, -0.1) is 0 Å². The normalized spacial score (nSPS) is 11.6. The Morgan fingerprint density at radius 3 is 2.53 bits per heavy atom. The van der Waals surface area contributed by atoms with Crippen LogP contribution in [-0.2, 0) is 0 Å². The van der Waals surface area contributed by atoms with E-state index in [0.717, 1.165) is 25.7 Å². The van der Waals surface area contributed by atoms with Crippen LogP contribution in [0.3, 0.4) is 0 Å². The molecular weight excluding hydrogens is 407 g/mol. The molecule has 7 nitrogen and oxygen atoms in total. The number of para-hydroxylation sites is 2. The van der Waals surface area contributed by atoms with Crippen LogP contribution in [-0.4, -0.2) is 33.3 Å². The topological polar surface area (TPSA) is 98.2 Å². The molecule has 2 aromatic heterocycles. The van der Waals surface area contributed by atoms with E-state index in [1.165, 1.54) is 16.8 Å². The third kappa shape index (κ3) is 4.44. The van der Waals surface area contributed by atoms with Crippen LogP contribution >= 0.6 is 0 Å². The minimum atomic E-state index is -0.330. The van der Waals surface area contributed by atoms with Crippen molar-refractivity contribution in [1.82, 2.24) is 20.0 Å². The van der Waals surface area contributed by atoms with E-state index in [1.807, 2.05) is 24.3 Å². The monoisotopic (exact) mass is 432 g/mol. The van der Waals surface area contributed by atoms with Crippen molar-refractivity contribution in [3.8, 4) is 0 Å². The van der Waals surface area contributed by atoms with E-state index in [4.69, 9.17) is 5.73 Å². The van der Waals surface area contributed by atoms with Crippen molar-refractivity contribution in [2.24, 2.45) is 5.10 Å². The number of aromatic nitrogens is 3. The van der Waals surface area contributed by atoms with Crippen molar-refractivity contribution in [3.05, 3.63) is 65.5 Å². The molecular formula is C24H25FN6O. The Bertz CT molecular complexity index is 1280. The molecule has 164 valence electrons. The van der Waals surface area contributed by atoms with Crippen molar-refractivity contribution in [3.63, 3.8) is 0 Å². The molecule has 0 aliphatic heterocycles. The molecule has 0 spiro atoms. The first-order valence-corrected chi connectivity index (χ1v) is 10.7. The van der Waals surface area contributed by atoms with Crippen molar-refractivity contribution < 1.29 is 9.18 Å². The summed E-state index contributed by atoms with van der Waals surface area (Å²) in [6.07, 6.45) is 5.75. The van der Waals surface area contributed by atoms with Gasteiger partial charge in [0.15, 0.2) is 5.65 Å². The Balaban J connectivity index is 1.75. The lowest BCUT2D eigenvalue weighted by Gasteiger charge is -2.05. The standard InChI is InChI=1S/C24H25FN6O/c1-2-3-4-7-14-27-24(32)20-21-23(30-19-9-6-5-8-18(19)29-21)31(22(20)26)28-15-16-10-12-17(25)13-11-16/h5-6,8-13,15H,2-4,7,14,26H2,1H3,(H,27,32). The number of amides is 1. The molecule has 4 aromatic rings. The summed E-state index contributed by atoms with van der Waals surface area (Å²) in [6.45, 7) is 2.70. The van der Waals surface area contributed by atoms with Gasteiger partial charge in [-0.2, -0.15) is 9.78 Å². The highest BCUT2D eigenvalue weighted by Gasteiger charge is 2.23. The second-order valence-corrected chi connectivity index (χ2v) is 7.57. The summed E-state index contributed by atoms with van der Waals surface area (Å²) < 4.78 is 14.6. The van der Waals surface area contributed by atoms with E-state index < -0.39 is 0 Å². The number of anilines is 1. The highest BCUT2D eigenvalue weighted by molar-refractivity contribution is 6.10. The highest BCUT2D eigenvalue weighted by Crippen LogP contribution is 2.27. The maximum absolute atomic E-state index is 13.2. The number of unbranched alkanes of at least 4 members (excludes halogenated alkanes) is 3. The zero-order valence-corrected chi connectivity index (χ0v) is 17.9. The van der Waals surface area contributed by atoms with Gasteiger partial charge >= 0.3 is 0 Å². The molecule has 8 heteroatoms. The van der Waals surface area contributed by atoms with Crippen LogP contribution in [0, 0.1) is 5.82 Å². The second-order valence-electron chi connectivity index (χ2n) is 7.57. The third-order valence-corrected chi connectivity index (χ3v) is 5.21. The van der Waals surface area contributed by atoms with Gasteiger partial charge < -0.3 is 11.1 Å². The molecule has 0 aliphatic rings. The SMILES string of the molecule is CCCCCCNC(=O)c1c(N)n(N=Cc2ccc(F)cc2)c2nc3ccccc3nc12. The van der Waals surface area contributed by atoms with Crippen molar-refractivity contribution in [2.75, 3.05) is 12.3 Å². The number of nitrogens with zero attached hydrogens (tertiary/aromatic N) is 4. The average molecular weight is 433 g/mol. The molecule has 0 radical (unpaired) electrons. The molecule has 0 aliphatic carbocycles. The van der Waals surface area contributed by atoms with E-state index in [2.05, 4.69) is 27.3 Å². The zero-order valence-electron chi connectivity index (χ0n) is 17.9. The quantitative estimate of drug-likeness (QED) is 0.316. The maximum atomic E-state index is 13.2. The summed E-state index contributed by atoms with van der Waals surface area (Å²) in [6, 6.07) is 13.3. The Morgan fingerprint density at radius 1 is 1.09 bits per heavy atom. The Labute approximate surface area is 185 Å². The lowest BCUT2D eigenvalue weighted by Crippen LogP contribution is -2.25. The summed E-state index contributed by atoms with van der Waals surface area (Å²) >= 11 is 0. The molecule has 1 amide bonds. The van der Waals surface area contributed by atoms with E-state index in [1.54, 1.807) is 18.3 Å². The lowest BCUT2D eigenvalue weighted by molar-refractivity contribution is 0.0955. The van der Waals surface area contributed by atoms with Crippen LogP contribution in [0.4, 0.5) is 10.2 Å². The number of nitrogen functional groups attached to an aromatic ring is 1. The van der Waals surface area contributed by atoms with E-state index in [-0.39, 0.29) is 23.1 Å². The van der Waals surface area contributed by atoms with Crippen LogP contribution in [0.1, 0.15) is 48.5 Å². The van der Waals surface area contributed by atoms with Crippen molar-refractivity contribution in [2.45, 2.75) is 32.6 Å². The van der Waals surface area contributed by atoms with Crippen molar-refractivity contribution in [1.29, 1.82) is 0 Å². The summed E-state index contributed by atoms with van der Waals surface area (Å²) in [5, 5.41) is 7.36. The van der Waals surface area contributed by atoms with Crippen LogP contribution in [0.25, 0.3) is 22.2 Å². The molecule has 0 bridgehead atoms. The molecule has 0 unspecified atom stereocenters. The van der Waals surface area contributed by atoms with Gasteiger partial charge in [0.1, 0.15) is 22.7 Å². The molecule has 0 fully saturated rings. The summed E-state index contributed by atoms with van der Waals surface area (Å²) in [5.74, 6) is -0.479. The summed E-state index contributed by atoms with van der Waals surface area (Å²) in [5.41, 5.74) is 9.42. The number of fused-ring (bicyclic) bond motifs is 2. The minimum Gasteiger partial charge on any atom is -0.383 e. The number of nitrogens with two attached hydrogens (primary N) is 1. The first kappa shape index (κ1) is 21.4. The largest absolute Gasteiger partial charge is 0.383 e. The number of nitrogens with one attached hydrogen (secondary N) is 1. The molecule has 0 saturated heterocycles. The minimum absolute atomic E-state index is 0.153. The molecule has 0 saturated carbocycles. The van der Waals surface area contributed by atoms with Crippen molar-refractivity contribution >= 4 is 40.1 Å². The fourth-order valence-electron chi connectivity index (χ4n) is 3.50. The molecule has 2 aromatic carbocycles. The number of rotatable bonds is 8. The molecule has 4 rings (SSSR count). The van der Waals surface area contributed by atoms with E-state index in [9.17, 15) is 9.18 Å². The number of hydrogen-bond acceptors (Lipinski definition) is 5. The summed E-state index contributed by atoms with van der Waals surface area (Å²) in [4.78, 5) is 22.3. The third-order valence-electron chi connectivity index (χ3n) is 5.21. The number of benzene rings is 2. The van der Waals surface area contributed by atoms with E-state index in [0.29, 0.717) is 34.3 Å². The molecule has 0 atom stereocenters. The fourth-order valence-corrected chi connectivity index (χ4v) is 3.50. The van der Waals surface area contributed by atoms with Gasteiger partial charge in [-0.1, -0.05) is 50.5 Å². The van der Waals surface area contributed by atoms with Gasteiger partial charge in [0.2, 0.25) is 0 Å². The molecule has 32 heavy (non-hydrogen) atoms. The van der Waals surface area contributed by atoms with Gasteiger partial charge in [-0.05, 0) is 36.2 Å². The average Bonchev–Trinajstić information content (AvgIpc) is 3.07. The van der Waals surface area contributed by atoms with Gasteiger partial charge in [0.25, 0.3) is 5.91 Å². The maximum Gasteiger partial charge on any atom is 0.257 e. The van der Waals surface area contributed by atoms with Crippen LogP contribution in [0.2, 0.25) is 0 Å². The van der Waals surface area contributed by atoms with Gasteiger partial charge in [0.05, 0.1) is 17.2 Å². The molecule has 2 heterocycles. The van der Waals surface area contributed by atoms with Gasteiger partial charge in [-0.3, -0.25) is 4.79 Å². The highest BCUT2D eigenvalue weighted by atomic mass is 19.1. The van der Waals surface area contributed by atoms with Crippen LogP contribution in [0.5, 0.6) is 0 Å². The Hall–Kier alpha value is -3.81. The van der Waals surface area contributed by atoms with Gasteiger partial charge in [-0.25, -0.2) is 14.4 Å². The van der Waals surface area contributed by atoms with Crippen LogP contribution in [0.15, 0.2) is 53.6 Å². The molecule has 3 N–H and O–H groups in total. The number of carbonyl (C=O) groups is 1. The Kier molecular flexibility index (Phi) is 6.39. The fraction of sp³-hybridized carbons (Fsp3) is 0.250. The Morgan fingerprint density at radius 2 is 1.81 bits per heavy atom. The van der Waals surface area contributed by atoms with Gasteiger partial charge in [0, 0.05) is 6.54 Å².